The van der Waals surface area contributed by atoms with Crippen molar-refractivity contribution in [2.24, 2.45) is 0 Å². The highest BCUT2D eigenvalue weighted by atomic mass is 16.4. The maximum Gasteiger partial charge on any atom is 0.326 e. The second kappa shape index (κ2) is 6.01. The second-order valence-electron chi connectivity index (χ2n) is 2.94. The number of aliphatic carboxylic acids is 1. The van der Waals surface area contributed by atoms with Gasteiger partial charge in [-0.3, -0.25) is 0 Å². The van der Waals surface area contributed by atoms with Gasteiger partial charge in [-0.05, 0) is 13.3 Å². The smallest absolute Gasteiger partial charge is 0.326 e. The third-order valence-electron chi connectivity index (χ3n) is 1.72. The predicted molar refractivity (Wildman–Crippen MR) is 53.0 cm³/mol. The maximum absolute atomic E-state index is 11.2. The summed E-state index contributed by atoms with van der Waals surface area (Å²) in [6, 6.07) is -1.51. The van der Waals surface area contributed by atoms with Crippen molar-refractivity contribution in [1.29, 1.82) is 0 Å². The molecular formula is C9H16N2O3. The fourth-order valence-electron chi connectivity index (χ4n) is 0.804. The molecule has 0 saturated heterocycles. The number of nitrogens with one attached hydrogen (secondary N) is 2. The van der Waals surface area contributed by atoms with E-state index in [-0.39, 0.29) is 6.04 Å². The van der Waals surface area contributed by atoms with Gasteiger partial charge in [0, 0.05) is 6.04 Å². The Balaban J connectivity index is 4.03. The van der Waals surface area contributed by atoms with E-state index in [1.807, 2.05) is 0 Å². The first-order chi connectivity index (χ1) is 6.51. The van der Waals surface area contributed by atoms with E-state index in [0.29, 0.717) is 6.42 Å². The Morgan fingerprint density at radius 3 is 2.43 bits per heavy atom. The van der Waals surface area contributed by atoms with Crippen molar-refractivity contribution in [2.45, 2.75) is 32.4 Å². The summed E-state index contributed by atoms with van der Waals surface area (Å²) in [5.41, 5.74) is 0. The zero-order valence-electron chi connectivity index (χ0n) is 8.41. The monoisotopic (exact) mass is 200 g/mol. The number of carbonyl (C=O) groups is 2. The quantitative estimate of drug-likeness (QED) is 0.572. The first-order valence-electron chi connectivity index (χ1n) is 4.43. The number of hydrogen-bond acceptors (Lipinski definition) is 2. The molecule has 0 fully saturated rings. The average Bonchev–Trinajstić information content (AvgIpc) is 2.13. The van der Waals surface area contributed by atoms with Crippen LogP contribution in [0.3, 0.4) is 0 Å². The summed E-state index contributed by atoms with van der Waals surface area (Å²) in [5.74, 6) is -1.03. The maximum atomic E-state index is 11.2. The summed E-state index contributed by atoms with van der Waals surface area (Å²) >= 11 is 0. The molecule has 80 valence electrons. The van der Waals surface area contributed by atoms with Crippen molar-refractivity contribution >= 4 is 12.0 Å². The zero-order chi connectivity index (χ0) is 11.1. The Hall–Kier alpha value is -1.52. The molecule has 0 bridgehead atoms. The topological polar surface area (TPSA) is 78.4 Å². The minimum atomic E-state index is -1.03. The van der Waals surface area contributed by atoms with Crippen LogP contribution in [0.4, 0.5) is 4.79 Å². The zero-order valence-corrected chi connectivity index (χ0v) is 8.41. The molecule has 0 heterocycles. The summed E-state index contributed by atoms with van der Waals surface area (Å²) in [5, 5.41) is 13.5. The molecule has 2 amide bonds. The highest BCUT2D eigenvalue weighted by molar-refractivity contribution is 5.82. The largest absolute Gasteiger partial charge is 0.480 e. The highest BCUT2D eigenvalue weighted by Crippen LogP contribution is 1.91. The molecule has 5 heteroatoms. The van der Waals surface area contributed by atoms with Crippen LogP contribution in [-0.2, 0) is 4.79 Å². The van der Waals surface area contributed by atoms with Gasteiger partial charge in [-0.15, -0.1) is 6.58 Å². The van der Waals surface area contributed by atoms with Crippen LogP contribution in [0.15, 0.2) is 12.7 Å². The van der Waals surface area contributed by atoms with Crippen LogP contribution in [0.2, 0.25) is 0 Å². The van der Waals surface area contributed by atoms with E-state index >= 15 is 0 Å². The van der Waals surface area contributed by atoms with Gasteiger partial charge in [-0.2, -0.15) is 0 Å². The first kappa shape index (κ1) is 12.5. The van der Waals surface area contributed by atoms with Gasteiger partial charge in [-0.25, -0.2) is 9.59 Å². The van der Waals surface area contributed by atoms with Crippen molar-refractivity contribution in [3.05, 3.63) is 12.7 Å². The molecule has 0 aliphatic carbocycles. The summed E-state index contributed by atoms with van der Waals surface area (Å²) in [4.78, 5) is 21.7. The van der Waals surface area contributed by atoms with Gasteiger partial charge in [0.2, 0.25) is 0 Å². The van der Waals surface area contributed by atoms with E-state index in [2.05, 4.69) is 17.2 Å². The Bertz CT molecular complexity index is 228. The number of urea groups is 1. The van der Waals surface area contributed by atoms with Crippen molar-refractivity contribution < 1.29 is 14.7 Å². The highest BCUT2D eigenvalue weighted by Gasteiger charge is 2.17. The summed E-state index contributed by atoms with van der Waals surface area (Å²) in [6.45, 7) is 6.92. The van der Waals surface area contributed by atoms with E-state index in [9.17, 15) is 9.59 Å². The van der Waals surface area contributed by atoms with Gasteiger partial charge < -0.3 is 15.7 Å². The number of rotatable bonds is 5. The molecule has 0 saturated carbocycles. The number of hydrogen-bond donors (Lipinski definition) is 3. The minimum absolute atomic E-state index is 0.179. The van der Waals surface area contributed by atoms with Crippen molar-refractivity contribution in [3.8, 4) is 0 Å². The molecule has 0 aromatic carbocycles. The number of carboxylic acids is 1. The van der Waals surface area contributed by atoms with Gasteiger partial charge in [0.05, 0.1) is 0 Å². The van der Waals surface area contributed by atoms with Gasteiger partial charge in [0.25, 0.3) is 0 Å². The van der Waals surface area contributed by atoms with Gasteiger partial charge in [0.1, 0.15) is 6.04 Å². The van der Waals surface area contributed by atoms with Crippen molar-refractivity contribution in [1.82, 2.24) is 10.6 Å². The number of carbonyl (C=O) groups excluding carboxylic acids is 1. The van der Waals surface area contributed by atoms with E-state index in [4.69, 9.17) is 5.11 Å². The summed E-state index contributed by atoms with van der Waals surface area (Å²) < 4.78 is 0. The van der Waals surface area contributed by atoms with Crippen LogP contribution >= 0.6 is 0 Å². The normalized spacial score (nSPS) is 13.9. The second-order valence-corrected chi connectivity index (χ2v) is 2.94. The number of carboxylic acid groups (broad SMARTS) is 1. The fourth-order valence-corrected chi connectivity index (χ4v) is 0.804. The van der Waals surface area contributed by atoms with Crippen LogP contribution in [0, 0.1) is 0 Å². The van der Waals surface area contributed by atoms with E-state index in [1.54, 1.807) is 19.9 Å². The molecule has 0 aliphatic rings. The van der Waals surface area contributed by atoms with Crippen LogP contribution in [0.1, 0.15) is 20.3 Å². The predicted octanol–water partition coefficient (Wildman–Crippen LogP) is 0.723. The van der Waals surface area contributed by atoms with Gasteiger partial charge in [0.15, 0.2) is 0 Å². The van der Waals surface area contributed by atoms with Gasteiger partial charge in [-0.1, -0.05) is 13.0 Å². The Kier molecular flexibility index (Phi) is 5.36. The Labute approximate surface area is 83.2 Å². The third-order valence-corrected chi connectivity index (χ3v) is 1.72. The Morgan fingerprint density at radius 1 is 1.50 bits per heavy atom. The molecule has 5 nitrogen and oxygen atoms in total. The Morgan fingerprint density at radius 2 is 2.07 bits per heavy atom. The lowest BCUT2D eigenvalue weighted by Crippen LogP contribution is -2.47. The average molecular weight is 200 g/mol. The lowest BCUT2D eigenvalue weighted by Gasteiger charge is -2.15. The molecule has 0 spiro atoms. The van der Waals surface area contributed by atoms with Crippen LogP contribution < -0.4 is 10.6 Å². The first-order valence-corrected chi connectivity index (χ1v) is 4.43. The third kappa shape index (κ3) is 4.49. The molecule has 0 aliphatic heterocycles. The molecular weight excluding hydrogens is 184 g/mol. The molecule has 2 atom stereocenters. The summed E-state index contributed by atoms with van der Waals surface area (Å²) in [6.07, 6.45) is 1.91. The number of amides is 2. The molecule has 0 radical (unpaired) electrons. The minimum Gasteiger partial charge on any atom is -0.480 e. The van der Waals surface area contributed by atoms with Crippen LogP contribution in [0.25, 0.3) is 0 Å². The summed E-state index contributed by atoms with van der Waals surface area (Å²) in [7, 11) is 0. The van der Waals surface area contributed by atoms with Crippen LogP contribution in [-0.4, -0.2) is 29.2 Å². The lowest BCUT2D eigenvalue weighted by molar-refractivity contribution is -0.139. The molecule has 14 heavy (non-hydrogen) atoms. The molecule has 0 aromatic rings. The van der Waals surface area contributed by atoms with Crippen LogP contribution in [0.5, 0.6) is 0 Å². The van der Waals surface area contributed by atoms with E-state index in [1.165, 1.54) is 0 Å². The van der Waals surface area contributed by atoms with E-state index < -0.39 is 18.0 Å². The SMILES string of the molecule is C=CC(C)NC(=O)N[C@H](CC)C(=O)O. The van der Waals surface area contributed by atoms with Crippen molar-refractivity contribution in [2.75, 3.05) is 0 Å². The molecule has 0 rings (SSSR count). The molecule has 0 aromatic heterocycles. The van der Waals surface area contributed by atoms with Gasteiger partial charge >= 0.3 is 12.0 Å². The lowest BCUT2D eigenvalue weighted by atomic mass is 10.2. The van der Waals surface area contributed by atoms with Crippen molar-refractivity contribution in [3.63, 3.8) is 0 Å². The standard InChI is InChI=1S/C9H16N2O3/c1-4-6(3)10-9(14)11-7(5-2)8(12)13/h4,6-7H,1,5H2,2-3H3,(H,12,13)(H2,10,11,14)/t6?,7-/m1/s1. The molecule has 1 unspecified atom stereocenters. The molecule has 3 N–H and O–H groups in total. The fraction of sp³-hybridized carbons (Fsp3) is 0.556. The van der Waals surface area contributed by atoms with E-state index in [0.717, 1.165) is 0 Å².